The van der Waals surface area contributed by atoms with E-state index in [1.165, 1.54) is 30.3 Å². The number of pyridine rings is 1. The number of nitrogens with zero attached hydrogens (tertiary/aromatic N) is 2. The number of ether oxygens (including phenoxy) is 3. The molecule has 0 bridgehead atoms. The molecular weight excluding hydrogens is 780 g/mol. The van der Waals surface area contributed by atoms with Gasteiger partial charge in [0.05, 0.1) is 42.7 Å². The fraction of sp³-hybridized carbons (Fsp3) is 0.643. The van der Waals surface area contributed by atoms with E-state index >= 15 is 0 Å². The lowest BCUT2D eigenvalue weighted by atomic mass is 9.79. The number of aromatic nitrogens is 1. The first kappa shape index (κ1) is 43.4. The summed E-state index contributed by atoms with van der Waals surface area (Å²) in [7, 11) is -2.59. The van der Waals surface area contributed by atoms with Crippen molar-refractivity contribution in [1.29, 1.82) is 0 Å². The Morgan fingerprint density at radius 2 is 1.83 bits per heavy atom. The van der Waals surface area contributed by atoms with Crippen molar-refractivity contribution in [2.45, 2.75) is 128 Å². The molecule has 2 saturated carbocycles. The van der Waals surface area contributed by atoms with Crippen molar-refractivity contribution < 1.29 is 55.0 Å². The number of amides is 2. The first-order chi connectivity index (χ1) is 27.2. The molecule has 1 aromatic carbocycles. The van der Waals surface area contributed by atoms with E-state index in [9.17, 15) is 40.8 Å². The zero-order valence-corrected chi connectivity index (χ0v) is 34.7. The SMILES string of the molecule is CC[C@@H]1C[C@H](C)CC/C=C\[C@@H]2C[C@@]2(C(=O)NS(=O)(=O)C2CC2)CC(=O)[C@@H]2C[C@@H](Oc3nccc4cc(OC)c(F)cc34)CN2C(=O)[C@H]1CC(=O)OC(C)(C)C(C)(F)F. The Morgan fingerprint density at radius 3 is 2.48 bits per heavy atom. The minimum atomic E-state index is -3.94. The van der Waals surface area contributed by atoms with Gasteiger partial charge in [-0.15, -0.1) is 0 Å². The molecule has 1 aromatic heterocycles. The maximum Gasteiger partial charge on any atom is 0.307 e. The van der Waals surface area contributed by atoms with E-state index in [2.05, 4.69) is 9.71 Å². The molecular formula is C42H54F3N3O9S. The molecule has 2 amide bonds. The molecule has 1 saturated heterocycles. The third kappa shape index (κ3) is 9.16. The second-order valence-electron chi connectivity index (χ2n) is 17.3. The van der Waals surface area contributed by atoms with Gasteiger partial charge in [-0.3, -0.25) is 23.9 Å². The van der Waals surface area contributed by atoms with Crippen molar-refractivity contribution in [1.82, 2.24) is 14.6 Å². The van der Waals surface area contributed by atoms with Crippen LogP contribution in [0.5, 0.6) is 11.6 Å². The first-order valence-electron chi connectivity index (χ1n) is 20.1. The highest BCUT2D eigenvalue weighted by molar-refractivity contribution is 7.90. The van der Waals surface area contributed by atoms with Crippen molar-refractivity contribution >= 4 is 44.4 Å². The van der Waals surface area contributed by atoms with Gasteiger partial charge in [0.25, 0.3) is 5.92 Å². The molecule has 7 atom stereocenters. The molecule has 0 radical (unpaired) electrons. The number of hydrogen-bond acceptors (Lipinski definition) is 10. The highest BCUT2D eigenvalue weighted by Gasteiger charge is 2.62. The van der Waals surface area contributed by atoms with Crippen LogP contribution in [0.4, 0.5) is 13.2 Å². The van der Waals surface area contributed by atoms with Crippen molar-refractivity contribution in [2.75, 3.05) is 13.7 Å². The Morgan fingerprint density at radius 1 is 1.10 bits per heavy atom. The predicted molar refractivity (Wildman–Crippen MR) is 208 cm³/mol. The Labute approximate surface area is 337 Å². The molecule has 1 N–H and O–H groups in total. The summed E-state index contributed by atoms with van der Waals surface area (Å²) in [6.07, 6.45) is 6.86. The van der Waals surface area contributed by atoms with Gasteiger partial charge in [0.1, 0.15) is 6.10 Å². The summed E-state index contributed by atoms with van der Waals surface area (Å²) in [4.78, 5) is 62.7. The summed E-state index contributed by atoms with van der Waals surface area (Å²) in [6.45, 7) is 6.60. The monoisotopic (exact) mass is 833 g/mol. The third-order valence-electron chi connectivity index (χ3n) is 12.6. The number of carbonyl (C=O) groups is 4. The second-order valence-corrected chi connectivity index (χ2v) is 19.3. The number of nitrogens with one attached hydrogen (secondary N) is 1. The molecule has 2 aromatic rings. The maximum absolute atomic E-state index is 15.0. The first-order valence-corrected chi connectivity index (χ1v) is 21.7. The molecule has 6 rings (SSSR count). The summed E-state index contributed by atoms with van der Waals surface area (Å²) >= 11 is 0. The number of carbonyl (C=O) groups excluding carboxylic acids is 4. The van der Waals surface area contributed by atoms with Gasteiger partial charge < -0.3 is 19.1 Å². The molecule has 2 aliphatic carbocycles. The topological polar surface area (TPSA) is 158 Å². The number of fused-ring (bicyclic) bond motifs is 3. The van der Waals surface area contributed by atoms with Crippen LogP contribution in [0.15, 0.2) is 36.5 Å². The van der Waals surface area contributed by atoms with E-state index in [1.54, 1.807) is 6.07 Å². The number of halogens is 3. The highest BCUT2D eigenvalue weighted by Crippen LogP contribution is 2.57. The average molecular weight is 834 g/mol. The number of alkyl halides is 2. The lowest BCUT2D eigenvalue weighted by Gasteiger charge is -2.35. The van der Waals surface area contributed by atoms with Crippen LogP contribution in [-0.4, -0.2) is 84.4 Å². The Bertz CT molecular complexity index is 2070. The van der Waals surface area contributed by atoms with Crippen LogP contribution in [0, 0.1) is 34.9 Å². The molecule has 0 spiro atoms. The van der Waals surface area contributed by atoms with Crippen molar-refractivity contribution in [3.8, 4) is 11.6 Å². The lowest BCUT2D eigenvalue weighted by molar-refractivity contribution is -0.197. The van der Waals surface area contributed by atoms with Gasteiger partial charge in [0.2, 0.25) is 27.7 Å². The predicted octanol–water partition coefficient (Wildman–Crippen LogP) is 6.69. The number of allylic oxidation sites excluding steroid dienone is 2. The van der Waals surface area contributed by atoms with Crippen LogP contribution in [0.3, 0.4) is 0 Å². The fourth-order valence-electron chi connectivity index (χ4n) is 8.39. The summed E-state index contributed by atoms with van der Waals surface area (Å²) in [5.41, 5.74) is -3.54. The van der Waals surface area contributed by atoms with Crippen LogP contribution in [0.2, 0.25) is 0 Å². The molecule has 318 valence electrons. The number of esters is 1. The largest absolute Gasteiger partial charge is 0.494 e. The van der Waals surface area contributed by atoms with E-state index in [-0.39, 0.29) is 43.4 Å². The Hall–Kier alpha value is -4.21. The Balaban J connectivity index is 1.37. The van der Waals surface area contributed by atoms with Gasteiger partial charge in [-0.25, -0.2) is 26.6 Å². The molecule has 16 heteroatoms. The van der Waals surface area contributed by atoms with E-state index in [1.807, 2.05) is 26.0 Å². The van der Waals surface area contributed by atoms with E-state index in [0.29, 0.717) is 56.2 Å². The quantitative estimate of drug-likeness (QED) is 0.191. The van der Waals surface area contributed by atoms with Crippen LogP contribution in [0.25, 0.3) is 10.8 Å². The molecule has 58 heavy (non-hydrogen) atoms. The fourth-order valence-corrected chi connectivity index (χ4v) is 9.78. The summed E-state index contributed by atoms with van der Waals surface area (Å²) in [6, 6.07) is 3.18. The number of sulfonamides is 1. The lowest BCUT2D eigenvalue weighted by Crippen LogP contribution is -2.48. The highest BCUT2D eigenvalue weighted by atomic mass is 32.2. The molecule has 0 unspecified atom stereocenters. The van der Waals surface area contributed by atoms with E-state index in [0.717, 1.165) is 13.8 Å². The van der Waals surface area contributed by atoms with Crippen LogP contribution >= 0.6 is 0 Å². The number of hydrogen-bond donors (Lipinski definition) is 1. The average Bonchev–Trinajstić information content (AvgIpc) is 4.07. The Kier molecular flexibility index (Phi) is 12.3. The molecule has 4 aliphatic rings. The van der Waals surface area contributed by atoms with Crippen LogP contribution < -0.4 is 14.2 Å². The van der Waals surface area contributed by atoms with Gasteiger partial charge in [-0.1, -0.05) is 32.4 Å². The van der Waals surface area contributed by atoms with E-state index < -0.39 is 97.9 Å². The normalized spacial score (nSPS) is 29.1. The van der Waals surface area contributed by atoms with Gasteiger partial charge in [-0.05, 0) is 93.7 Å². The van der Waals surface area contributed by atoms with Crippen molar-refractivity contribution in [2.24, 2.45) is 29.1 Å². The molecule has 2 aliphatic heterocycles. The minimum absolute atomic E-state index is 0.0131. The smallest absolute Gasteiger partial charge is 0.307 e. The summed E-state index contributed by atoms with van der Waals surface area (Å²) < 4.78 is 88.7. The van der Waals surface area contributed by atoms with Crippen LogP contribution in [0.1, 0.15) is 98.8 Å². The summed E-state index contributed by atoms with van der Waals surface area (Å²) in [5, 5.41) is 0.214. The number of benzene rings is 1. The van der Waals surface area contributed by atoms with Gasteiger partial charge >= 0.3 is 5.97 Å². The van der Waals surface area contributed by atoms with Gasteiger partial charge in [0.15, 0.2) is 23.0 Å². The van der Waals surface area contributed by atoms with Gasteiger partial charge in [-0.2, -0.15) is 0 Å². The van der Waals surface area contributed by atoms with Crippen molar-refractivity contribution in [3.63, 3.8) is 0 Å². The van der Waals surface area contributed by atoms with E-state index in [4.69, 9.17) is 14.2 Å². The number of methoxy groups -OCH3 is 1. The number of ketones is 1. The molecule has 12 nitrogen and oxygen atoms in total. The van der Waals surface area contributed by atoms with Gasteiger partial charge in [0, 0.05) is 31.3 Å². The minimum Gasteiger partial charge on any atom is -0.494 e. The molecule has 3 heterocycles. The standard InChI is InChI=1S/C42H54F3N3O9S/c1-7-25-16-24(2)10-8-9-11-27-21-42(27,39(52)47-58(53,54)29-12-13-29)22-34(49)33-18-28(56-37-30-19-32(43)35(55-6)17-26(30)14-15-46-37)23-48(33)38(51)31(25)20-36(50)57-40(3,4)41(5,44)45/h9,11,14-15,17,19,24-25,27-29,31,33H,7-8,10,12-13,16,18,20-23H2,1-6H3,(H,47,52)/b11-9-/t24-,25-,27-,28-,31+,33+,42-/m1/s1. The zero-order valence-electron chi connectivity index (χ0n) is 33.9. The maximum atomic E-state index is 15.0. The number of rotatable bonds is 11. The molecule has 3 fully saturated rings. The number of Topliss-reactive ketones (excluding diaryl/α,β-unsaturated/α-hetero) is 1. The zero-order chi connectivity index (χ0) is 42.4. The summed E-state index contributed by atoms with van der Waals surface area (Å²) in [5.74, 6) is -8.63. The van der Waals surface area contributed by atoms with Crippen molar-refractivity contribution in [3.05, 3.63) is 42.4 Å². The second kappa shape index (κ2) is 16.4. The third-order valence-corrected chi connectivity index (χ3v) is 14.4. The van der Waals surface area contributed by atoms with Crippen LogP contribution in [-0.2, 0) is 33.9 Å².